The minimum Gasteiger partial charge on any atom is -0.481 e. The largest absolute Gasteiger partial charge is 0.481 e. The number of carbonyl (C=O) groups excluding carboxylic acids is 1. The molecular formula is C15H19BrO3. The van der Waals surface area contributed by atoms with Gasteiger partial charge in [0.1, 0.15) is 5.78 Å². The lowest BCUT2D eigenvalue weighted by Gasteiger charge is -2.15. The molecule has 0 amide bonds. The highest BCUT2D eigenvalue weighted by atomic mass is 79.9. The molecule has 1 aromatic rings. The molecule has 1 unspecified atom stereocenters. The predicted molar refractivity (Wildman–Crippen MR) is 78.1 cm³/mol. The maximum Gasteiger partial charge on any atom is 0.306 e. The van der Waals surface area contributed by atoms with E-state index >= 15 is 0 Å². The number of rotatable bonds is 7. The van der Waals surface area contributed by atoms with Gasteiger partial charge in [0.2, 0.25) is 0 Å². The molecule has 1 rings (SSSR count). The Hall–Kier alpha value is -1.16. The summed E-state index contributed by atoms with van der Waals surface area (Å²) in [6, 6.07) is 7.60. The standard InChI is InChI=1S/C15H19BrO3/c1-10(2)14(15(18)19)8-7-13(17)9-11-3-5-12(16)6-4-11/h3-6,10,14H,7-9H2,1-2H3,(H,18,19). The summed E-state index contributed by atoms with van der Waals surface area (Å²) < 4.78 is 0.981. The molecule has 104 valence electrons. The van der Waals surface area contributed by atoms with Crippen LogP contribution in [0.15, 0.2) is 28.7 Å². The number of Topliss-reactive ketones (excluding diaryl/α,β-unsaturated/α-hetero) is 1. The lowest BCUT2D eigenvalue weighted by atomic mass is 9.90. The number of hydrogen-bond donors (Lipinski definition) is 1. The minimum atomic E-state index is -0.813. The molecule has 0 aliphatic carbocycles. The van der Waals surface area contributed by atoms with E-state index in [2.05, 4.69) is 15.9 Å². The Labute approximate surface area is 122 Å². The summed E-state index contributed by atoms with van der Waals surface area (Å²) in [6.45, 7) is 3.75. The Morgan fingerprint density at radius 3 is 2.26 bits per heavy atom. The zero-order chi connectivity index (χ0) is 14.4. The fraction of sp³-hybridized carbons (Fsp3) is 0.467. The number of hydrogen-bond acceptors (Lipinski definition) is 2. The van der Waals surface area contributed by atoms with Gasteiger partial charge in [0.15, 0.2) is 0 Å². The number of ketones is 1. The number of benzene rings is 1. The second-order valence-electron chi connectivity index (χ2n) is 5.07. The van der Waals surface area contributed by atoms with Crippen LogP contribution in [0.1, 0.15) is 32.3 Å². The van der Waals surface area contributed by atoms with Crippen molar-refractivity contribution in [2.24, 2.45) is 11.8 Å². The van der Waals surface area contributed by atoms with Gasteiger partial charge in [-0.3, -0.25) is 9.59 Å². The lowest BCUT2D eigenvalue weighted by molar-refractivity contribution is -0.143. The highest BCUT2D eigenvalue weighted by molar-refractivity contribution is 9.10. The maximum atomic E-state index is 11.8. The molecule has 3 nitrogen and oxygen atoms in total. The summed E-state index contributed by atoms with van der Waals surface area (Å²) in [7, 11) is 0. The average Bonchev–Trinajstić information content (AvgIpc) is 2.31. The van der Waals surface area contributed by atoms with Gasteiger partial charge in [-0.1, -0.05) is 41.9 Å². The normalized spacial score (nSPS) is 12.4. The molecule has 19 heavy (non-hydrogen) atoms. The highest BCUT2D eigenvalue weighted by Crippen LogP contribution is 2.18. The molecule has 4 heteroatoms. The van der Waals surface area contributed by atoms with E-state index in [9.17, 15) is 9.59 Å². The van der Waals surface area contributed by atoms with Crippen molar-refractivity contribution < 1.29 is 14.7 Å². The number of aliphatic carboxylic acids is 1. The summed E-state index contributed by atoms with van der Waals surface area (Å²) in [4.78, 5) is 22.9. The molecule has 0 spiro atoms. The lowest BCUT2D eigenvalue weighted by Crippen LogP contribution is -2.21. The van der Waals surface area contributed by atoms with E-state index in [1.807, 2.05) is 38.1 Å². The Balaban J connectivity index is 2.47. The molecule has 1 aromatic carbocycles. The van der Waals surface area contributed by atoms with Crippen molar-refractivity contribution in [1.82, 2.24) is 0 Å². The van der Waals surface area contributed by atoms with E-state index < -0.39 is 11.9 Å². The molecule has 1 atom stereocenters. The zero-order valence-corrected chi connectivity index (χ0v) is 12.8. The van der Waals surface area contributed by atoms with Crippen LogP contribution >= 0.6 is 15.9 Å². The van der Waals surface area contributed by atoms with Crippen LogP contribution < -0.4 is 0 Å². The van der Waals surface area contributed by atoms with Gasteiger partial charge in [-0.2, -0.15) is 0 Å². The van der Waals surface area contributed by atoms with Crippen molar-refractivity contribution in [1.29, 1.82) is 0 Å². The summed E-state index contributed by atoms with van der Waals surface area (Å²) >= 11 is 3.34. The first-order chi connectivity index (χ1) is 8.90. The minimum absolute atomic E-state index is 0.0537. The summed E-state index contributed by atoms with van der Waals surface area (Å²) in [5.41, 5.74) is 0.963. The fourth-order valence-corrected chi connectivity index (χ4v) is 2.24. The molecule has 0 saturated carbocycles. The van der Waals surface area contributed by atoms with Crippen molar-refractivity contribution in [3.63, 3.8) is 0 Å². The summed E-state index contributed by atoms with van der Waals surface area (Å²) in [6.07, 6.45) is 1.12. The second kappa shape index (κ2) is 7.43. The number of carbonyl (C=O) groups is 2. The third-order valence-electron chi connectivity index (χ3n) is 3.17. The Morgan fingerprint density at radius 1 is 1.21 bits per heavy atom. The first-order valence-corrected chi connectivity index (χ1v) is 7.18. The quantitative estimate of drug-likeness (QED) is 0.831. The molecule has 0 saturated heterocycles. The number of carboxylic acids is 1. The van der Waals surface area contributed by atoms with E-state index in [1.54, 1.807) is 0 Å². The third-order valence-corrected chi connectivity index (χ3v) is 3.70. The van der Waals surface area contributed by atoms with Crippen molar-refractivity contribution in [2.45, 2.75) is 33.1 Å². The molecule has 1 N–H and O–H groups in total. The van der Waals surface area contributed by atoms with Crippen LogP contribution in [-0.4, -0.2) is 16.9 Å². The summed E-state index contributed by atoms with van der Waals surface area (Å²) in [5, 5.41) is 9.06. The second-order valence-corrected chi connectivity index (χ2v) is 5.99. The molecule has 0 aliphatic heterocycles. The monoisotopic (exact) mass is 326 g/mol. The van der Waals surface area contributed by atoms with Gasteiger partial charge in [-0.15, -0.1) is 0 Å². The SMILES string of the molecule is CC(C)C(CCC(=O)Cc1ccc(Br)cc1)C(=O)O. The fourth-order valence-electron chi connectivity index (χ4n) is 1.98. The van der Waals surface area contributed by atoms with Crippen LogP contribution in [0.25, 0.3) is 0 Å². The molecule has 0 heterocycles. The molecule has 0 aliphatic rings. The highest BCUT2D eigenvalue weighted by Gasteiger charge is 2.22. The van der Waals surface area contributed by atoms with Gasteiger partial charge < -0.3 is 5.11 Å². The molecule has 0 fully saturated rings. The molecule has 0 radical (unpaired) electrons. The van der Waals surface area contributed by atoms with Gasteiger partial charge in [-0.05, 0) is 30.0 Å². The van der Waals surface area contributed by atoms with E-state index in [1.165, 1.54) is 0 Å². The molecular weight excluding hydrogens is 308 g/mol. The van der Waals surface area contributed by atoms with Crippen molar-refractivity contribution >= 4 is 27.7 Å². The Bertz CT molecular complexity index is 437. The van der Waals surface area contributed by atoms with Crippen molar-refractivity contribution in [3.8, 4) is 0 Å². The van der Waals surface area contributed by atoms with Crippen molar-refractivity contribution in [3.05, 3.63) is 34.3 Å². The maximum absolute atomic E-state index is 11.8. The van der Waals surface area contributed by atoms with Crippen LogP contribution in [0, 0.1) is 11.8 Å². The van der Waals surface area contributed by atoms with E-state index in [0.29, 0.717) is 19.3 Å². The smallest absolute Gasteiger partial charge is 0.306 e. The number of carboxylic acid groups (broad SMARTS) is 1. The molecule has 0 aromatic heterocycles. The van der Waals surface area contributed by atoms with Crippen LogP contribution in [0.5, 0.6) is 0 Å². The molecule has 0 bridgehead atoms. The predicted octanol–water partition coefficient (Wildman–Crippen LogP) is 3.70. The average molecular weight is 327 g/mol. The van der Waals surface area contributed by atoms with Gasteiger partial charge >= 0.3 is 5.97 Å². The van der Waals surface area contributed by atoms with Gasteiger partial charge in [0, 0.05) is 17.3 Å². The Kier molecular flexibility index (Phi) is 6.22. The first kappa shape index (κ1) is 15.9. The van der Waals surface area contributed by atoms with Crippen LogP contribution in [-0.2, 0) is 16.0 Å². The van der Waals surface area contributed by atoms with Crippen LogP contribution in [0.2, 0.25) is 0 Å². The first-order valence-electron chi connectivity index (χ1n) is 6.39. The Morgan fingerprint density at radius 2 is 1.79 bits per heavy atom. The third kappa shape index (κ3) is 5.55. The van der Waals surface area contributed by atoms with E-state index in [0.717, 1.165) is 10.0 Å². The van der Waals surface area contributed by atoms with E-state index in [-0.39, 0.29) is 11.7 Å². The van der Waals surface area contributed by atoms with Crippen LogP contribution in [0.4, 0.5) is 0 Å². The van der Waals surface area contributed by atoms with Gasteiger partial charge in [0.05, 0.1) is 5.92 Å². The van der Waals surface area contributed by atoms with Crippen LogP contribution in [0.3, 0.4) is 0 Å². The summed E-state index contributed by atoms with van der Waals surface area (Å²) in [5.74, 6) is -1.10. The van der Waals surface area contributed by atoms with Gasteiger partial charge in [-0.25, -0.2) is 0 Å². The number of halogens is 1. The zero-order valence-electron chi connectivity index (χ0n) is 11.2. The van der Waals surface area contributed by atoms with Gasteiger partial charge in [0.25, 0.3) is 0 Å². The topological polar surface area (TPSA) is 54.4 Å². The van der Waals surface area contributed by atoms with E-state index in [4.69, 9.17) is 5.11 Å². The van der Waals surface area contributed by atoms with Crippen molar-refractivity contribution in [2.75, 3.05) is 0 Å².